The molecule has 0 bridgehead atoms. The first-order valence-electron chi connectivity index (χ1n) is 16.3. The molecule has 4 aliphatic heterocycles. The fourth-order valence-corrected chi connectivity index (χ4v) is 7.73. The van der Waals surface area contributed by atoms with E-state index < -0.39 is 66.8 Å². The van der Waals surface area contributed by atoms with Gasteiger partial charge in [-0.05, 0) is 53.1 Å². The molecule has 8 rings (SSSR count). The maximum absolute atomic E-state index is 13.6. The Kier molecular flexibility index (Phi) is 8.61. The lowest BCUT2D eigenvalue weighted by molar-refractivity contribution is -0.369. The van der Waals surface area contributed by atoms with E-state index in [2.05, 4.69) is 0 Å². The third-order valence-corrected chi connectivity index (χ3v) is 10.2. The van der Waals surface area contributed by atoms with Crippen molar-refractivity contribution in [1.29, 1.82) is 0 Å². The van der Waals surface area contributed by atoms with Gasteiger partial charge in [0, 0.05) is 17.4 Å². The van der Waals surface area contributed by atoms with Crippen LogP contribution in [0.2, 0.25) is 0 Å². The van der Waals surface area contributed by atoms with Gasteiger partial charge in [0.05, 0.1) is 53.7 Å². The van der Waals surface area contributed by atoms with Gasteiger partial charge >= 0.3 is 5.97 Å². The lowest BCUT2D eigenvalue weighted by Gasteiger charge is -2.48. The first-order chi connectivity index (χ1) is 24.3. The first-order valence-corrected chi connectivity index (χ1v) is 16.3. The average molecular weight is 695 g/mol. The third kappa shape index (κ3) is 5.38. The highest BCUT2D eigenvalue weighted by atomic mass is 16.8. The number of ether oxygens (including phenoxy) is 11. The summed E-state index contributed by atoms with van der Waals surface area (Å²) < 4.78 is 64.2. The Morgan fingerprint density at radius 3 is 2.10 bits per heavy atom. The van der Waals surface area contributed by atoms with Crippen molar-refractivity contribution in [3.63, 3.8) is 0 Å². The molecular weight excluding hydrogens is 656 g/mol. The zero-order valence-electron chi connectivity index (χ0n) is 27.8. The van der Waals surface area contributed by atoms with Crippen LogP contribution < -0.4 is 28.4 Å². The van der Waals surface area contributed by atoms with Crippen LogP contribution in [0.4, 0.5) is 0 Å². The molecule has 2 N–H and O–H groups in total. The number of carbonyl (C=O) groups is 1. The summed E-state index contributed by atoms with van der Waals surface area (Å²) in [6.07, 6.45) is -7.40. The number of hydrogen-bond donors (Lipinski definition) is 2. The second-order valence-corrected chi connectivity index (χ2v) is 12.7. The van der Waals surface area contributed by atoms with Crippen LogP contribution in [0, 0.1) is 11.8 Å². The van der Waals surface area contributed by atoms with Crippen LogP contribution in [-0.2, 0) is 28.5 Å². The van der Waals surface area contributed by atoms with Crippen molar-refractivity contribution in [3.05, 3.63) is 70.8 Å². The van der Waals surface area contributed by atoms with Gasteiger partial charge < -0.3 is 62.3 Å². The first kappa shape index (κ1) is 32.9. The van der Waals surface area contributed by atoms with E-state index in [1.54, 1.807) is 31.4 Å². The molecule has 3 aromatic rings. The summed E-state index contributed by atoms with van der Waals surface area (Å²) in [5, 5.41) is 22.7. The number of cyclic esters (lactones) is 1. The van der Waals surface area contributed by atoms with Crippen molar-refractivity contribution in [2.75, 3.05) is 48.4 Å². The van der Waals surface area contributed by atoms with Crippen molar-refractivity contribution in [3.8, 4) is 34.5 Å². The minimum absolute atomic E-state index is 0.0325. The van der Waals surface area contributed by atoms with Gasteiger partial charge in [-0.25, -0.2) is 0 Å². The molecule has 0 aromatic heterocycles. The van der Waals surface area contributed by atoms with E-state index in [1.807, 2.05) is 24.3 Å². The van der Waals surface area contributed by atoms with Gasteiger partial charge in [0.15, 0.2) is 35.6 Å². The zero-order chi connectivity index (χ0) is 34.7. The molecular formula is C36H38O14. The molecule has 3 saturated heterocycles. The second-order valence-electron chi connectivity index (χ2n) is 12.7. The summed E-state index contributed by atoms with van der Waals surface area (Å²) in [5.41, 5.74) is 2.86. The Hall–Kier alpha value is -4.31. The van der Waals surface area contributed by atoms with Gasteiger partial charge in [-0.15, -0.1) is 0 Å². The monoisotopic (exact) mass is 694 g/mol. The van der Waals surface area contributed by atoms with Crippen molar-refractivity contribution >= 4 is 5.97 Å². The molecule has 0 saturated carbocycles. The number of rotatable bonds is 8. The van der Waals surface area contributed by atoms with Gasteiger partial charge in [-0.3, -0.25) is 4.79 Å². The maximum atomic E-state index is 13.6. The van der Waals surface area contributed by atoms with E-state index in [0.29, 0.717) is 40.1 Å². The Morgan fingerprint density at radius 1 is 0.740 bits per heavy atom. The smallest absolute Gasteiger partial charge is 0.310 e. The summed E-state index contributed by atoms with van der Waals surface area (Å²) in [5.74, 6) is 0.817. The summed E-state index contributed by atoms with van der Waals surface area (Å²) in [6.45, 7) is 0.155. The van der Waals surface area contributed by atoms with E-state index >= 15 is 0 Å². The molecule has 14 nitrogen and oxygen atoms in total. The minimum Gasteiger partial charge on any atom is -0.497 e. The van der Waals surface area contributed by atoms with Gasteiger partial charge in [0.25, 0.3) is 0 Å². The van der Waals surface area contributed by atoms with Gasteiger partial charge in [0.1, 0.15) is 30.2 Å². The highest BCUT2D eigenvalue weighted by Crippen LogP contribution is 2.57. The second kappa shape index (κ2) is 13.1. The SMILES string of the molecule is COc1ccc(C2OC[C@H]3O[C@@H](O[C@H]4c5cc6c(cc5[C@@H](c5cc(OC)c(OC)c(OC)c5)[C@H]5C(=O)OC[C@@H]54)OCO6)[C@H](O)[C@@H](O)[C@@H]3O2)cc1. The molecule has 1 unspecified atom stereocenters. The molecule has 4 heterocycles. The summed E-state index contributed by atoms with van der Waals surface area (Å²) in [4.78, 5) is 13.6. The Balaban J connectivity index is 1.12. The van der Waals surface area contributed by atoms with Crippen LogP contribution in [0.5, 0.6) is 34.5 Å². The fourth-order valence-electron chi connectivity index (χ4n) is 7.73. The van der Waals surface area contributed by atoms with Crippen LogP contribution in [0.15, 0.2) is 48.5 Å². The van der Waals surface area contributed by atoms with Crippen molar-refractivity contribution in [2.45, 2.75) is 49.0 Å². The van der Waals surface area contributed by atoms with E-state index in [-0.39, 0.29) is 20.0 Å². The van der Waals surface area contributed by atoms with E-state index in [4.69, 9.17) is 52.1 Å². The zero-order valence-corrected chi connectivity index (χ0v) is 27.8. The lowest BCUT2D eigenvalue weighted by atomic mass is 9.66. The largest absolute Gasteiger partial charge is 0.497 e. The summed E-state index contributed by atoms with van der Waals surface area (Å²) in [6, 6.07) is 14.5. The molecule has 3 aromatic carbocycles. The molecule has 14 heteroatoms. The molecule has 5 aliphatic rings. The fraction of sp³-hybridized carbons (Fsp3) is 0.472. The maximum Gasteiger partial charge on any atom is 0.310 e. The number of methoxy groups -OCH3 is 4. The van der Waals surface area contributed by atoms with Gasteiger partial charge in [-0.1, -0.05) is 12.1 Å². The predicted octanol–water partition coefficient (Wildman–Crippen LogP) is 3.00. The normalized spacial score (nSPS) is 32.3. The van der Waals surface area contributed by atoms with Crippen LogP contribution in [-0.4, -0.2) is 95.3 Å². The molecule has 0 radical (unpaired) electrons. The topological polar surface area (TPSA) is 159 Å². The number of carbonyl (C=O) groups excluding carboxylic acids is 1. The number of aliphatic hydroxyl groups excluding tert-OH is 2. The Morgan fingerprint density at radius 2 is 1.44 bits per heavy atom. The van der Waals surface area contributed by atoms with Crippen LogP contribution in [0.3, 0.4) is 0 Å². The van der Waals surface area contributed by atoms with E-state index in [0.717, 1.165) is 16.7 Å². The molecule has 266 valence electrons. The Labute approximate surface area is 287 Å². The van der Waals surface area contributed by atoms with Crippen molar-refractivity contribution in [2.24, 2.45) is 11.8 Å². The average Bonchev–Trinajstić information content (AvgIpc) is 3.78. The molecule has 1 aliphatic carbocycles. The van der Waals surface area contributed by atoms with Crippen molar-refractivity contribution < 1.29 is 67.1 Å². The van der Waals surface area contributed by atoms with Crippen molar-refractivity contribution in [1.82, 2.24) is 0 Å². The number of hydrogen-bond acceptors (Lipinski definition) is 14. The molecule has 0 spiro atoms. The number of benzene rings is 3. The Bertz CT molecular complexity index is 1720. The number of fused-ring (bicyclic) bond motifs is 4. The van der Waals surface area contributed by atoms with Crippen LogP contribution >= 0.6 is 0 Å². The van der Waals surface area contributed by atoms with E-state index in [1.165, 1.54) is 21.3 Å². The lowest BCUT2D eigenvalue weighted by Crippen LogP contribution is -2.62. The standard InChI is InChI=1S/C36H38O14/c1-40-18-7-5-16(6-8-18)35-45-14-26-33(50-35)29(37)30(38)36(48-26)49-31-20-12-23-22(46-15-47-23)11-19(20)27(28-21(31)13-44-34(28)39)17-9-24(41-2)32(43-4)25(10-17)42-3/h5-12,21,26-31,33,35-38H,13-15H2,1-4H3/t21-,26+,27+,28-,29+,30+,31-,33+,35?,36-/m0/s1. The summed E-state index contributed by atoms with van der Waals surface area (Å²) >= 11 is 0. The number of esters is 1. The highest BCUT2D eigenvalue weighted by Gasteiger charge is 2.56. The molecule has 0 amide bonds. The predicted molar refractivity (Wildman–Crippen MR) is 170 cm³/mol. The summed E-state index contributed by atoms with van der Waals surface area (Å²) in [7, 11) is 6.16. The molecule has 50 heavy (non-hydrogen) atoms. The molecule has 10 atom stereocenters. The quantitative estimate of drug-likeness (QED) is 0.332. The van der Waals surface area contributed by atoms with Gasteiger partial charge in [0.2, 0.25) is 12.5 Å². The minimum atomic E-state index is -1.49. The highest BCUT2D eigenvalue weighted by molar-refractivity contribution is 5.79. The van der Waals surface area contributed by atoms with Crippen LogP contribution in [0.25, 0.3) is 0 Å². The van der Waals surface area contributed by atoms with E-state index in [9.17, 15) is 15.0 Å². The third-order valence-electron chi connectivity index (χ3n) is 10.2. The number of aliphatic hydroxyl groups is 2. The van der Waals surface area contributed by atoms with Gasteiger partial charge in [-0.2, -0.15) is 0 Å². The molecule has 3 fully saturated rings. The van der Waals surface area contributed by atoms with Crippen LogP contribution in [0.1, 0.15) is 40.6 Å².